The van der Waals surface area contributed by atoms with Crippen molar-refractivity contribution in [3.63, 3.8) is 0 Å². The summed E-state index contributed by atoms with van der Waals surface area (Å²) in [5.41, 5.74) is 0.770. The number of amides is 2. The van der Waals surface area contributed by atoms with Gasteiger partial charge in [0.2, 0.25) is 5.91 Å². The zero-order valence-electron chi connectivity index (χ0n) is 13.9. The molecule has 0 fully saturated rings. The van der Waals surface area contributed by atoms with Crippen molar-refractivity contribution in [2.75, 3.05) is 26.2 Å². The second-order valence-corrected chi connectivity index (χ2v) is 4.53. The summed E-state index contributed by atoms with van der Waals surface area (Å²) in [6.07, 6.45) is 0. The average Bonchev–Trinajstić information content (AvgIpc) is 2.51. The molecule has 21 heavy (non-hydrogen) atoms. The Bertz CT molecular complexity index is 410. The molecule has 0 radical (unpaired) electrons. The van der Waals surface area contributed by atoms with Crippen LogP contribution in [0, 0.1) is 0 Å². The molecule has 0 atom stereocenters. The van der Waals surface area contributed by atoms with Crippen LogP contribution in [0.15, 0.2) is 30.3 Å². The van der Waals surface area contributed by atoms with Gasteiger partial charge in [-0.2, -0.15) is 0 Å². The molecule has 0 heterocycles. The van der Waals surface area contributed by atoms with Crippen molar-refractivity contribution >= 4 is 11.8 Å². The quantitative estimate of drug-likeness (QED) is 0.837. The average molecular weight is 292 g/mol. The van der Waals surface area contributed by atoms with Crippen LogP contribution in [0.1, 0.15) is 45.0 Å². The van der Waals surface area contributed by atoms with Gasteiger partial charge in [0.1, 0.15) is 0 Å². The highest BCUT2D eigenvalue weighted by molar-refractivity contribution is 5.94. The van der Waals surface area contributed by atoms with Crippen LogP contribution in [0.5, 0.6) is 0 Å². The molecule has 0 aromatic heterocycles. The fourth-order valence-corrected chi connectivity index (χ4v) is 1.94. The molecule has 0 N–H and O–H groups in total. The van der Waals surface area contributed by atoms with Gasteiger partial charge in [-0.15, -0.1) is 0 Å². The molecule has 0 aliphatic rings. The molecule has 0 aliphatic carbocycles. The minimum Gasteiger partial charge on any atom is -0.343 e. The Kier molecular flexibility index (Phi) is 9.94. The highest BCUT2D eigenvalue weighted by atomic mass is 16.2. The van der Waals surface area contributed by atoms with Crippen LogP contribution in [-0.4, -0.2) is 47.8 Å². The number of rotatable bonds is 5. The summed E-state index contributed by atoms with van der Waals surface area (Å²) in [5.74, 6) is 0.278. The van der Waals surface area contributed by atoms with Crippen LogP contribution in [0.4, 0.5) is 0 Å². The van der Waals surface area contributed by atoms with Gasteiger partial charge < -0.3 is 9.80 Å². The number of carbonyl (C=O) groups is 2. The lowest BCUT2D eigenvalue weighted by Gasteiger charge is -2.18. The van der Waals surface area contributed by atoms with E-state index >= 15 is 0 Å². The second kappa shape index (κ2) is 10.9. The zero-order valence-corrected chi connectivity index (χ0v) is 13.9. The van der Waals surface area contributed by atoms with Gasteiger partial charge in [-0.3, -0.25) is 9.59 Å². The van der Waals surface area contributed by atoms with Crippen LogP contribution in [0.3, 0.4) is 0 Å². The Morgan fingerprint density at radius 2 is 1.24 bits per heavy atom. The maximum absolute atomic E-state index is 11.7. The standard InChI is InChI=1S/C11H15NO.C6H13NO/c1-3-12(4-2)11(13)10-8-6-5-7-9-10;1-4-7(5-2)6(3)8/h5-9H,3-4H2,1-2H3;4-5H2,1-3H3. The van der Waals surface area contributed by atoms with Crippen LogP contribution < -0.4 is 0 Å². The first-order valence-electron chi connectivity index (χ1n) is 7.61. The van der Waals surface area contributed by atoms with Gasteiger partial charge in [0.05, 0.1) is 0 Å². The highest BCUT2D eigenvalue weighted by Crippen LogP contribution is 2.03. The SMILES string of the molecule is CCN(CC)C(=O)c1ccccc1.CCN(CC)C(C)=O. The summed E-state index contributed by atoms with van der Waals surface area (Å²) in [4.78, 5) is 25.9. The molecule has 0 bridgehead atoms. The van der Waals surface area contributed by atoms with Crippen LogP contribution in [0.2, 0.25) is 0 Å². The van der Waals surface area contributed by atoms with Crippen LogP contribution in [-0.2, 0) is 4.79 Å². The van der Waals surface area contributed by atoms with Crippen molar-refractivity contribution in [1.82, 2.24) is 9.80 Å². The lowest BCUT2D eigenvalue weighted by molar-refractivity contribution is -0.128. The molecule has 0 saturated heterocycles. The summed E-state index contributed by atoms with van der Waals surface area (Å²) in [7, 11) is 0. The monoisotopic (exact) mass is 292 g/mol. The van der Waals surface area contributed by atoms with Gasteiger partial charge in [-0.05, 0) is 39.8 Å². The Morgan fingerprint density at radius 1 is 0.810 bits per heavy atom. The van der Waals surface area contributed by atoms with E-state index < -0.39 is 0 Å². The first-order chi connectivity index (χ1) is 10.0. The third-order valence-corrected chi connectivity index (χ3v) is 3.28. The largest absolute Gasteiger partial charge is 0.343 e. The summed E-state index contributed by atoms with van der Waals surface area (Å²) < 4.78 is 0. The molecule has 2 amide bonds. The number of hydrogen-bond acceptors (Lipinski definition) is 2. The third kappa shape index (κ3) is 6.93. The number of carbonyl (C=O) groups excluding carboxylic acids is 2. The molecule has 1 aromatic carbocycles. The smallest absolute Gasteiger partial charge is 0.253 e. The highest BCUT2D eigenvalue weighted by Gasteiger charge is 2.10. The maximum atomic E-state index is 11.7. The summed E-state index contributed by atoms with van der Waals surface area (Å²) in [5, 5.41) is 0. The van der Waals surface area contributed by atoms with Crippen LogP contribution >= 0.6 is 0 Å². The topological polar surface area (TPSA) is 40.6 Å². The lowest BCUT2D eigenvalue weighted by atomic mass is 10.2. The van der Waals surface area contributed by atoms with Crippen molar-refractivity contribution in [3.8, 4) is 0 Å². The Labute approximate surface area is 128 Å². The maximum Gasteiger partial charge on any atom is 0.253 e. The first-order valence-corrected chi connectivity index (χ1v) is 7.61. The molecule has 1 aromatic rings. The molecule has 0 aliphatic heterocycles. The summed E-state index contributed by atoms with van der Waals surface area (Å²) >= 11 is 0. The molecule has 0 saturated carbocycles. The predicted octanol–water partition coefficient (Wildman–Crippen LogP) is 3.04. The second-order valence-electron chi connectivity index (χ2n) is 4.53. The third-order valence-electron chi connectivity index (χ3n) is 3.28. The molecule has 0 spiro atoms. The normalized spacial score (nSPS) is 9.38. The summed E-state index contributed by atoms with van der Waals surface area (Å²) in [6, 6.07) is 9.38. The van der Waals surface area contributed by atoms with Gasteiger partial charge in [-0.25, -0.2) is 0 Å². The van der Waals surface area contributed by atoms with Gasteiger partial charge in [0, 0.05) is 38.7 Å². The van der Waals surface area contributed by atoms with Gasteiger partial charge in [0.25, 0.3) is 5.91 Å². The van der Waals surface area contributed by atoms with E-state index in [-0.39, 0.29) is 11.8 Å². The fourth-order valence-electron chi connectivity index (χ4n) is 1.94. The van der Waals surface area contributed by atoms with E-state index in [1.807, 2.05) is 62.9 Å². The predicted molar refractivity (Wildman–Crippen MR) is 87.3 cm³/mol. The van der Waals surface area contributed by atoms with E-state index in [1.165, 1.54) is 0 Å². The van der Waals surface area contributed by atoms with E-state index in [9.17, 15) is 9.59 Å². The minimum atomic E-state index is 0.116. The molecule has 0 unspecified atom stereocenters. The van der Waals surface area contributed by atoms with Crippen molar-refractivity contribution < 1.29 is 9.59 Å². The number of nitrogens with zero attached hydrogens (tertiary/aromatic N) is 2. The Hall–Kier alpha value is -1.84. The lowest BCUT2D eigenvalue weighted by Crippen LogP contribution is -2.30. The number of benzene rings is 1. The molecule has 4 heteroatoms. The number of hydrogen-bond donors (Lipinski definition) is 0. The van der Waals surface area contributed by atoms with Gasteiger partial charge in [-0.1, -0.05) is 18.2 Å². The Balaban J connectivity index is 0.000000433. The van der Waals surface area contributed by atoms with Crippen LogP contribution in [0.25, 0.3) is 0 Å². The molecule has 4 nitrogen and oxygen atoms in total. The minimum absolute atomic E-state index is 0.116. The van der Waals surface area contributed by atoms with E-state index in [0.29, 0.717) is 0 Å². The van der Waals surface area contributed by atoms with Crippen molar-refractivity contribution in [3.05, 3.63) is 35.9 Å². The fraction of sp³-hybridized carbons (Fsp3) is 0.529. The van der Waals surface area contributed by atoms with Crippen molar-refractivity contribution in [2.24, 2.45) is 0 Å². The van der Waals surface area contributed by atoms with E-state index in [0.717, 1.165) is 31.7 Å². The zero-order chi connectivity index (χ0) is 16.3. The van der Waals surface area contributed by atoms with Crippen molar-refractivity contribution in [2.45, 2.75) is 34.6 Å². The van der Waals surface area contributed by atoms with Gasteiger partial charge in [0.15, 0.2) is 0 Å². The molecule has 1 rings (SSSR count). The van der Waals surface area contributed by atoms with Crippen molar-refractivity contribution in [1.29, 1.82) is 0 Å². The molecule has 118 valence electrons. The molecular weight excluding hydrogens is 264 g/mol. The molecular formula is C17H28N2O2. The van der Waals surface area contributed by atoms with Gasteiger partial charge >= 0.3 is 0 Å². The Morgan fingerprint density at radius 3 is 1.52 bits per heavy atom. The van der Waals surface area contributed by atoms with E-state index in [1.54, 1.807) is 11.8 Å². The summed E-state index contributed by atoms with van der Waals surface area (Å²) in [6.45, 7) is 12.7. The van der Waals surface area contributed by atoms with E-state index in [2.05, 4.69) is 0 Å². The first kappa shape index (κ1) is 19.2. The van der Waals surface area contributed by atoms with E-state index in [4.69, 9.17) is 0 Å².